The number of hydrogen-bond donors (Lipinski definition) is 1. The fourth-order valence-corrected chi connectivity index (χ4v) is 1.42. The Bertz CT molecular complexity index is 509. The number of nitrogens with one attached hydrogen (secondary N) is 1. The Labute approximate surface area is 104 Å². The van der Waals surface area contributed by atoms with Gasteiger partial charge in [0, 0.05) is 0 Å². The maximum Gasteiger partial charge on any atom is 0.127 e. The van der Waals surface area contributed by atoms with Crippen LogP contribution in [-0.2, 0) is 4.84 Å². The summed E-state index contributed by atoms with van der Waals surface area (Å²) in [5, 5.41) is 2.82. The van der Waals surface area contributed by atoms with E-state index in [0.29, 0.717) is 17.2 Å². The zero-order chi connectivity index (χ0) is 12.8. The Hall–Kier alpha value is -2.40. The smallest absolute Gasteiger partial charge is 0.127 e. The first-order valence-corrected chi connectivity index (χ1v) is 5.32. The fourth-order valence-electron chi connectivity index (χ4n) is 1.42. The molecule has 0 saturated heterocycles. The SMILES string of the molecule is CONc1ccc(Oc2ccc(N=O)cc2)cc1. The van der Waals surface area contributed by atoms with Crippen LogP contribution in [0.2, 0.25) is 0 Å². The molecule has 0 radical (unpaired) electrons. The number of hydrogen-bond acceptors (Lipinski definition) is 5. The third-order valence-corrected chi connectivity index (χ3v) is 2.25. The summed E-state index contributed by atoms with van der Waals surface area (Å²) >= 11 is 0. The Morgan fingerprint density at radius 2 is 1.50 bits per heavy atom. The summed E-state index contributed by atoms with van der Waals surface area (Å²) in [5.41, 5.74) is 3.93. The Balaban J connectivity index is 2.05. The quantitative estimate of drug-likeness (QED) is 0.641. The molecular weight excluding hydrogens is 232 g/mol. The van der Waals surface area contributed by atoms with E-state index >= 15 is 0 Å². The summed E-state index contributed by atoms with van der Waals surface area (Å²) < 4.78 is 5.60. The molecule has 0 aromatic heterocycles. The molecule has 0 saturated carbocycles. The first-order valence-electron chi connectivity index (χ1n) is 5.32. The molecule has 1 N–H and O–H groups in total. The molecule has 18 heavy (non-hydrogen) atoms. The summed E-state index contributed by atoms with van der Waals surface area (Å²) in [4.78, 5) is 15.0. The van der Waals surface area contributed by atoms with E-state index in [1.807, 2.05) is 24.3 Å². The van der Waals surface area contributed by atoms with E-state index in [0.717, 1.165) is 5.69 Å². The molecule has 0 unspecified atom stereocenters. The molecule has 0 spiro atoms. The number of nitrogens with zero attached hydrogens (tertiary/aromatic N) is 1. The molecule has 0 heterocycles. The molecular formula is C13H12N2O3. The number of nitroso groups, excluding NO2 is 1. The number of anilines is 1. The van der Waals surface area contributed by atoms with Crippen LogP contribution < -0.4 is 10.2 Å². The van der Waals surface area contributed by atoms with Crippen LogP contribution >= 0.6 is 0 Å². The minimum absolute atomic E-state index is 0.377. The molecule has 0 amide bonds. The van der Waals surface area contributed by atoms with Crippen molar-refractivity contribution in [3.63, 3.8) is 0 Å². The maximum absolute atomic E-state index is 10.3. The van der Waals surface area contributed by atoms with Gasteiger partial charge >= 0.3 is 0 Å². The molecule has 0 aliphatic rings. The van der Waals surface area contributed by atoms with E-state index < -0.39 is 0 Å². The molecule has 0 atom stereocenters. The average Bonchev–Trinajstić information content (AvgIpc) is 2.42. The Morgan fingerprint density at radius 1 is 0.944 bits per heavy atom. The fraction of sp³-hybridized carbons (Fsp3) is 0.0769. The minimum atomic E-state index is 0.377. The van der Waals surface area contributed by atoms with E-state index in [1.165, 1.54) is 0 Å². The van der Waals surface area contributed by atoms with Gasteiger partial charge in [-0.1, -0.05) is 0 Å². The van der Waals surface area contributed by atoms with Crippen LogP contribution in [0.1, 0.15) is 0 Å². The molecule has 0 aliphatic carbocycles. The van der Waals surface area contributed by atoms with Gasteiger partial charge in [-0.3, -0.25) is 10.3 Å². The van der Waals surface area contributed by atoms with E-state index in [1.54, 1.807) is 31.4 Å². The van der Waals surface area contributed by atoms with Gasteiger partial charge in [-0.2, -0.15) is 0 Å². The van der Waals surface area contributed by atoms with Crippen LogP contribution in [0.3, 0.4) is 0 Å². The van der Waals surface area contributed by atoms with Crippen molar-refractivity contribution in [3.05, 3.63) is 53.4 Å². The van der Waals surface area contributed by atoms with Gasteiger partial charge in [0.25, 0.3) is 0 Å². The molecule has 5 nitrogen and oxygen atoms in total. The first-order chi connectivity index (χ1) is 8.81. The van der Waals surface area contributed by atoms with Gasteiger partial charge in [0.2, 0.25) is 0 Å². The van der Waals surface area contributed by atoms with Gasteiger partial charge in [0.15, 0.2) is 0 Å². The van der Waals surface area contributed by atoms with Crippen molar-refractivity contribution in [1.29, 1.82) is 0 Å². The lowest BCUT2D eigenvalue weighted by Gasteiger charge is -2.07. The van der Waals surface area contributed by atoms with Gasteiger partial charge in [-0.05, 0) is 53.7 Å². The van der Waals surface area contributed by atoms with Gasteiger partial charge < -0.3 is 4.74 Å². The van der Waals surface area contributed by atoms with E-state index in [4.69, 9.17) is 9.57 Å². The summed E-state index contributed by atoms with van der Waals surface area (Å²) in [6, 6.07) is 13.9. The second-order valence-corrected chi connectivity index (χ2v) is 3.52. The monoisotopic (exact) mass is 244 g/mol. The molecule has 2 rings (SSSR count). The van der Waals surface area contributed by atoms with Crippen LogP contribution in [0.4, 0.5) is 11.4 Å². The molecule has 0 aliphatic heterocycles. The van der Waals surface area contributed by atoms with Crippen LogP contribution in [0, 0.1) is 4.91 Å². The van der Waals surface area contributed by atoms with E-state index in [-0.39, 0.29) is 0 Å². The second kappa shape index (κ2) is 5.79. The predicted octanol–water partition coefficient (Wildman–Crippen LogP) is 3.85. The lowest BCUT2D eigenvalue weighted by molar-refractivity contribution is 0.271. The predicted molar refractivity (Wildman–Crippen MR) is 69.0 cm³/mol. The third-order valence-electron chi connectivity index (χ3n) is 2.25. The highest BCUT2D eigenvalue weighted by Gasteiger charge is 1.98. The Kier molecular flexibility index (Phi) is 3.88. The normalized spacial score (nSPS) is 9.83. The molecule has 5 heteroatoms. The standard InChI is InChI=1S/C13H12N2O3/c1-17-15-11-4-8-13(9-5-11)18-12-6-2-10(14-16)3-7-12/h2-9,15H,1H3. The first kappa shape index (κ1) is 12.1. The minimum Gasteiger partial charge on any atom is -0.457 e. The summed E-state index contributed by atoms with van der Waals surface area (Å²) in [6.07, 6.45) is 0. The Morgan fingerprint density at radius 3 is 2.00 bits per heavy atom. The van der Waals surface area contributed by atoms with Crippen molar-refractivity contribution < 1.29 is 9.57 Å². The third kappa shape index (κ3) is 3.05. The highest BCUT2D eigenvalue weighted by Crippen LogP contribution is 2.24. The number of ether oxygens (including phenoxy) is 1. The number of benzene rings is 2. The molecule has 92 valence electrons. The van der Waals surface area contributed by atoms with Crippen molar-refractivity contribution in [2.75, 3.05) is 12.6 Å². The van der Waals surface area contributed by atoms with Crippen molar-refractivity contribution in [3.8, 4) is 11.5 Å². The summed E-state index contributed by atoms with van der Waals surface area (Å²) in [6.45, 7) is 0. The lowest BCUT2D eigenvalue weighted by atomic mass is 10.3. The van der Waals surface area contributed by atoms with Gasteiger partial charge in [0.1, 0.15) is 17.2 Å². The highest BCUT2D eigenvalue weighted by molar-refractivity contribution is 5.46. The molecule has 0 fully saturated rings. The topological polar surface area (TPSA) is 59.9 Å². The zero-order valence-corrected chi connectivity index (χ0v) is 9.79. The maximum atomic E-state index is 10.3. The number of rotatable bonds is 5. The molecule has 2 aromatic rings. The summed E-state index contributed by atoms with van der Waals surface area (Å²) in [7, 11) is 1.55. The largest absolute Gasteiger partial charge is 0.457 e. The molecule has 0 bridgehead atoms. The van der Waals surface area contributed by atoms with Gasteiger partial charge in [-0.25, -0.2) is 0 Å². The second-order valence-electron chi connectivity index (χ2n) is 3.52. The van der Waals surface area contributed by atoms with Crippen LogP contribution in [0.25, 0.3) is 0 Å². The average molecular weight is 244 g/mol. The highest BCUT2D eigenvalue weighted by atomic mass is 16.6. The van der Waals surface area contributed by atoms with Crippen LogP contribution in [-0.4, -0.2) is 7.11 Å². The van der Waals surface area contributed by atoms with Gasteiger partial charge in [-0.15, -0.1) is 4.91 Å². The summed E-state index contributed by atoms with van der Waals surface area (Å²) in [5.74, 6) is 1.35. The van der Waals surface area contributed by atoms with Crippen LogP contribution in [0.15, 0.2) is 53.7 Å². The van der Waals surface area contributed by atoms with Crippen molar-refractivity contribution in [2.45, 2.75) is 0 Å². The van der Waals surface area contributed by atoms with Crippen LogP contribution in [0.5, 0.6) is 11.5 Å². The lowest BCUT2D eigenvalue weighted by Crippen LogP contribution is -1.94. The van der Waals surface area contributed by atoms with E-state index in [2.05, 4.69) is 10.7 Å². The van der Waals surface area contributed by atoms with E-state index in [9.17, 15) is 4.91 Å². The zero-order valence-electron chi connectivity index (χ0n) is 9.79. The van der Waals surface area contributed by atoms with Crippen molar-refractivity contribution >= 4 is 11.4 Å². The van der Waals surface area contributed by atoms with Crippen molar-refractivity contribution in [1.82, 2.24) is 0 Å². The van der Waals surface area contributed by atoms with Gasteiger partial charge in [0.05, 0.1) is 12.8 Å². The van der Waals surface area contributed by atoms with Crippen molar-refractivity contribution in [2.24, 2.45) is 5.18 Å². The molecule has 2 aromatic carbocycles.